The summed E-state index contributed by atoms with van der Waals surface area (Å²) >= 11 is 0. The fourth-order valence-electron chi connectivity index (χ4n) is 1.53. The quantitative estimate of drug-likeness (QED) is 0.210. The first kappa shape index (κ1) is 30.8. The average molecular weight is 545 g/mol. The van der Waals surface area contributed by atoms with E-state index in [0.717, 1.165) is 0 Å². The third kappa shape index (κ3) is 14.6. The molecule has 0 N–H and O–H groups in total. The Morgan fingerprint density at radius 3 is 1.95 bits per heavy atom. The van der Waals surface area contributed by atoms with Crippen molar-refractivity contribution < 1.29 is 63.1 Å². The molecule has 5 heteroatoms. The maximum atomic E-state index is 2.42. The second kappa shape index (κ2) is 15.5. The monoisotopic (exact) mass is 545 g/mol. The van der Waals surface area contributed by atoms with E-state index in [2.05, 4.69) is 83.0 Å². The van der Waals surface area contributed by atoms with Crippen molar-refractivity contribution in [1.29, 1.82) is 0 Å². The Labute approximate surface area is 175 Å². The molecule has 0 saturated heterocycles. The number of rotatable bonds is 2. The average Bonchev–Trinajstić information content (AvgIpc) is 2.74. The summed E-state index contributed by atoms with van der Waals surface area (Å²) in [4.78, 5) is 0. The molecule has 22 heavy (non-hydrogen) atoms. The smallest absolute Gasteiger partial charge is 0 e. The van der Waals surface area contributed by atoms with Crippen LogP contribution in [0.4, 0.5) is 0 Å². The molecule has 128 valence electrons. The van der Waals surface area contributed by atoms with Gasteiger partial charge in [0.2, 0.25) is 0 Å². The fourth-order valence-corrected chi connectivity index (χ4v) is 2.44. The van der Waals surface area contributed by atoms with E-state index in [-0.39, 0.29) is 71.0 Å². The van der Waals surface area contributed by atoms with E-state index < -0.39 is 0 Å². The van der Waals surface area contributed by atoms with Crippen molar-refractivity contribution in [3.63, 3.8) is 0 Å². The van der Waals surface area contributed by atoms with Crippen LogP contribution in [0.2, 0.25) is 0 Å². The van der Waals surface area contributed by atoms with Crippen LogP contribution in [0.1, 0.15) is 20.8 Å². The summed E-state index contributed by atoms with van der Waals surface area (Å²) < 4.78 is 0. The van der Waals surface area contributed by atoms with Crippen LogP contribution in [0.25, 0.3) is 10.8 Å². The first-order chi connectivity index (χ1) is 8.38. The van der Waals surface area contributed by atoms with Gasteiger partial charge >= 0.3 is 0 Å². The van der Waals surface area contributed by atoms with E-state index >= 15 is 0 Å². The zero-order chi connectivity index (χ0) is 13.6. The van der Waals surface area contributed by atoms with Crippen molar-refractivity contribution >= 4 is 18.7 Å². The minimum atomic E-state index is 0. The van der Waals surface area contributed by atoms with Gasteiger partial charge in [0.25, 0.3) is 0 Å². The van der Waals surface area contributed by atoms with Crippen LogP contribution in [-0.2, 0) is 25.8 Å². The van der Waals surface area contributed by atoms with Gasteiger partial charge in [0.05, 0.1) is 0 Å². The minimum Gasteiger partial charge on any atom is -1.00 e. The molecule has 0 heterocycles. The zero-order valence-electron chi connectivity index (χ0n) is 13.9. The largest absolute Gasteiger partial charge is 1.00 e. The Bertz CT molecular complexity index is 434. The van der Waals surface area contributed by atoms with Crippen molar-refractivity contribution in [2.75, 3.05) is 19.5 Å². The molecule has 0 unspecified atom stereocenters. The predicted octanol–water partition coefficient (Wildman–Crippen LogP) is -3.45. The molecule has 0 aliphatic carbocycles. The van der Waals surface area contributed by atoms with Crippen molar-refractivity contribution in [2.24, 2.45) is 5.41 Å². The summed E-state index contributed by atoms with van der Waals surface area (Å²) in [5, 5.41) is 2.66. The van der Waals surface area contributed by atoms with Gasteiger partial charge in [0.1, 0.15) is 0 Å². The summed E-state index contributed by atoms with van der Waals surface area (Å²) in [7, 11) is 0.280. The molecule has 0 spiro atoms. The number of hydrogen-bond acceptors (Lipinski definition) is 0. The van der Waals surface area contributed by atoms with Gasteiger partial charge in [-0.2, -0.15) is 29.1 Å². The number of benzene rings is 1. The SMILES string of the molecule is CP(C)C[CH-]C(C)(C)C.[Cl-].[Cl-].[Cl-].[Hf].c1ccc2[cH-]ccc2c1. The Balaban J connectivity index is -0.000000125. The molecular formula is C17H25Cl3HfP-5. The molecule has 2 aromatic rings. The normalized spacial score (nSPS) is 9.36. The van der Waals surface area contributed by atoms with Crippen molar-refractivity contribution in [3.05, 3.63) is 48.9 Å². The van der Waals surface area contributed by atoms with Crippen LogP contribution in [0.15, 0.2) is 42.5 Å². The van der Waals surface area contributed by atoms with E-state index in [1.54, 1.807) is 0 Å². The fraction of sp³-hybridized carbons (Fsp3) is 0.412. The molecule has 2 aromatic carbocycles. The van der Waals surface area contributed by atoms with Crippen LogP contribution >= 0.6 is 7.92 Å². The molecule has 0 amide bonds. The molecule has 0 aliphatic heterocycles. The second-order valence-electron chi connectivity index (χ2n) is 5.99. The first-order valence-corrected chi connectivity index (χ1v) is 8.90. The molecule has 0 atom stereocenters. The molecule has 0 fully saturated rings. The minimum absolute atomic E-state index is 0. The Hall–Kier alpha value is 1.00. The van der Waals surface area contributed by atoms with Crippen molar-refractivity contribution in [3.8, 4) is 0 Å². The molecule has 0 bridgehead atoms. The third-order valence-electron chi connectivity index (χ3n) is 2.62. The summed E-state index contributed by atoms with van der Waals surface area (Å²) in [5.74, 6) is 0. The number of hydrogen-bond donors (Lipinski definition) is 0. The van der Waals surface area contributed by atoms with Gasteiger partial charge in [-0.3, -0.25) is 0 Å². The van der Waals surface area contributed by atoms with Gasteiger partial charge in [-0.05, 0) is 13.3 Å². The van der Waals surface area contributed by atoms with Crippen LogP contribution in [0.3, 0.4) is 0 Å². The molecule has 0 aliphatic rings. The Morgan fingerprint density at radius 1 is 1.00 bits per heavy atom. The maximum absolute atomic E-state index is 2.42. The van der Waals surface area contributed by atoms with Crippen LogP contribution < -0.4 is 37.2 Å². The van der Waals surface area contributed by atoms with Crippen LogP contribution in [0.5, 0.6) is 0 Å². The Morgan fingerprint density at radius 2 is 1.55 bits per heavy atom. The van der Waals surface area contributed by atoms with Crippen LogP contribution in [0, 0.1) is 11.8 Å². The van der Waals surface area contributed by atoms with E-state index in [9.17, 15) is 0 Å². The van der Waals surface area contributed by atoms with Gasteiger partial charge < -0.3 is 43.6 Å². The molecule has 0 nitrogen and oxygen atoms in total. The first-order valence-electron chi connectivity index (χ1n) is 6.48. The van der Waals surface area contributed by atoms with E-state index in [1.165, 1.54) is 16.9 Å². The van der Waals surface area contributed by atoms with Gasteiger partial charge in [-0.15, -0.1) is 37.6 Å². The second-order valence-corrected chi connectivity index (χ2v) is 8.51. The third-order valence-corrected chi connectivity index (χ3v) is 3.53. The van der Waals surface area contributed by atoms with Gasteiger partial charge in [0.15, 0.2) is 0 Å². The molecule has 0 aromatic heterocycles. The predicted molar refractivity (Wildman–Crippen MR) is 86.9 cm³/mol. The molecule has 0 radical (unpaired) electrons. The van der Waals surface area contributed by atoms with Crippen molar-refractivity contribution in [2.45, 2.75) is 20.8 Å². The molecular weight excluding hydrogens is 520 g/mol. The molecule has 2 rings (SSSR count). The van der Waals surface area contributed by atoms with Gasteiger partial charge in [0, 0.05) is 25.8 Å². The topological polar surface area (TPSA) is 0 Å². The Kier molecular flexibility index (Phi) is 21.8. The van der Waals surface area contributed by atoms with Gasteiger partial charge in [-0.25, -0.2) is 0 Å². The summed E-state index contributed by atoms with van der Waals surface area (Å²) in [6, 6.07) is 14.7. The van der Waals surface area contributed by atoms with E-state index in [1.807, 2.05) is 0 Å². The van der Waals surface area contributed by atoms with Gasteiger partial charge in [-0.1, -0.05) is 26.8 Å². The zero-order valence-corrected chi connectivity index (χ0v) is 20.7. The standard InChI is InChI=1S/C9H7.C8H18P.3ClH.Hf/c1-2-5-9-7-3-6-8(9)4-1;1-8(2,3)6-7-9(4)5;;;;/h1-7H;6H,7H2,1-5H3;3*1H;/q2*-1;;;;/p-3. The molecule has 0 saturated carbocycles. The number of halogens is 3. The van der Waals surface area contributed by atoms with Crippen LogP contribution in [-0.4, -0.2) is 19.5 Å². The van der Waals surface area contributed by atoms with E-state index in [4.69, 9.17) is 0 Å². The summed E-state index contributed by atoms with van der Waals surface area (Å²) in [6.07, 6.45) is 3.72. The summed E-state index contributed by atoms with van der Waals surface area (Å²) in [5.41, 5.74) is 0.423. The maximum Gasteiger partial charge on any atom is 0 e. The van der Waals surface area contributed by atoms with Crippen molar-refractivity contribution in [1.82, 2.24) is 0 Å². The van der Waals surface area contributed by atoms with E-state index in [0.29, 0.717) is 5.41 Å². The number of fused-ring (bicyclic) bond motifs is 1. The summed E-state index contributed by atoms with van der Waals surface area (Å²) in [6.45, 7) is 11.4.